The third-order valence-electron chi connectivity index (χ3n) is 1.85. The van der Waals surface area contributed by atoms with Crippen molar-refractivity contribution in [3.63, 3.8) is 0 Å². The van der Waals surface area contributed by atoms with Crippen LogP contribution in [0.25, 0.3) is 0 Å². The van der Waals surface area contributed by atoms with Crippen LogP contribution in [0.1, 0.15) is 6.42 Å². The van der Waals surface area contributed by atoms with Crippen LogP contribution in [0, 0.1) is 0 Å². The van der Waals surface area contributed by atoms with Crippen LogP contribution in [0.15, 0.2) is 0 Å². The van der Waals surface area contributed by atoms with Gasteiger partial charge in [0.15, 0.2) is 0 Å². The van der Waals surface area contributed by atoms with Crippen LogP contribution >= 0.6 is 0 Å². The highest BCUT2D eigenvalue weighted by Crippen LogP contribution is 2.07. The van der Waals surface area contributed by atoms with Gasteiger partial charge in [-0.15, -0.1) is 0 Å². The van der Waals surface area contributed by atoms with Gasteiger partial charge in [-0.2, -0.15) is 0 Å². The van der Waals surface area contributed by atoms with Gasteiger partial charge in [-0.25, -0.2) is 0 Å². The molecule has 1 fully saturated rings. The second kappa shape index (κ2) is 3.30. The Morgan fingerprint density at radius 1 is 1.70 bits per heavy atom. The van der Waals surface area contributed by atoms with Crippen LogP contribution in [0.3, 0.4) is 0 Å². The van der Waals surface area contributed by atoms with Crippen molar-refractivity contribution in [1.29, 1.82) is 0 Å². The van der Waals surface area contributed by atoms with E-state index in [1.165, 1.54) is 0 Å². The molecular formula is C6H14N2O2. The van der Waals surface area contributed by atoms with Gasteiger partial charge in [0.2, 0.25) is 0 Å². The highest BCUT2D eigenvalue weighted by Gasteiger charge is 2.26. The first-order chi connectivity index (χ1) is 4.74. The number of nitrogens with one attached hydrogen (secondary N) is 1. The minimum absolute atomic E-state index is 0.0139. The SMILES string of the molecule is N[C@H]1CN[C@H](C(O)CO)C1. The van der Waals surface area contributed by atoms with Crippen molar-refractivity contribution in [3.05, 3.63) is 0 Å². The summed E-state index contributed by atoms with van der Waals surface area (Å²) in [6.45, 7) is 0.548. The van der Waals surface area contributed by atoms with Crippen LogP contribution in [0.4, 0.5) is 0 Å². The molecule has 0 aromatic carbocycles. The minimum Gasteiger partial charge on any atom is -0.394 e. The van der Waals surface area contributed by atoms with Crippen molar-refractivity contribution >= 4 is 0 Å². The van der Waals surface area contributed by atoms with Gasteiger partial charge >= 0.3 is 0 Å². The Morgan fingerprint density at radius 3 is 2.80 bits per heavy atom. The maximum Gasteiger partial charge on any atom is 0.0924 e. The van der Waals surface area contributed by atoms with E-state index in [9.17, 15) is 0 Å². The summed E-state index contributed by atoms with van der Waals surface area (Å²) in [4.78, 5) is 0. The summed E-state index contributed by atoms with van der Waals surface area (Å²) in [6, 6.07) is 0.117. The van der Waals surface area contributed by atoms with Crippen LogP contribution in [0.2, 0.25) is 0 Å². The number of rotatable bonds is 2. The summed E-state index contributed by atoms with van der Waals surface area (Å²) in [6.07, 6.45) is 0.0930. The Balaban J connectivity index is 2.29. The first-order valence-electron chi connectivity index (χ1n) is 3.52. The second-order valence-corrected chi connectivity index (χ2v) is 2.76. The molecule has 10 heavy (non-hydrogen) atoms. The smallest absolute Gasteiger partial charge is 0.0924 e. The normalized spacial score (nSPS) is 36.3. The molecule has 0 radical (unpaired) electrons. The zero-order chi connectivity index (χ0) is 7.56. The summed E-state index contributed by atoms with van der Waals surface area (Å²) >= 11 is 0. The number of hydrogen-bond donors (Lipinski definition) is 4. The number of aliphatic hydroxyl groups is 2. The molecule has 4 heteroatoms. The van der Waals surface area contributed by atoms with Gasteiger partial charge in [-0.1, -0.05) is 0 Å². The van der Waals surface area contributed by atoms with E-state index < -0.39 is 6.10 Å². The molecule has 3 atom stereocenters. The summed E-state index contributed by atoms with van der Waals surface area (Å²) in [5.74, 6) is 0. The number of hydrogen-bond acceptors (Lipinski definition) is 4. The molecule has 1 aliphatic rings. The van der Waals surface area contributed by atoms with E-state index in [1.54, 1.807) is 0 Å². The second-order valence-electron chi connectivity index (χ2n) is 2.76. The molecule has 4 nitrogen and oxygen atoms in total. The Bertz CT molecular complexity index is 110. The summed E-state index contributed by atoms with van der Waals surface area (Å²) in [7, 11) is 0. The van der Waals surface area contributed by atoms with E-state index in [1.807, 2.05) is 0 Å². The largest absolute Gasteiger partial charge is 0.394 e. The fourth-order valence-electron chi connectivity index (χ4n) is 1.22. The van der Waals surface area contributed by atoms with E-state index in [0.29, 0.717) is 0 Å². The van der Waals surface area contributed by atoms with E-state index in [-0.39, 0.29) is 18.7 Å². The van der Waals surface area contributed by atoms with Gasteiger partial charge < -0.3 is 21.3 Å². The van der Waals surface area contributed by atoms with Crippen molar-refractivity contribution in [2.24, 2.45) is 5.73 Å². The van der Waals surface area contributed by atoms with Crippen molar-refractivity contribution in [2.45, 2.75) is 24.6 Å². The van der Waals surface area contributed by atoms with Gasteiger partial charge in [-0.3, -0.25) is 0 Å². The summed E-state index contributed by atoms with van der Waals surface area (Å²) in [5.41, 5.74) is 5.56. The van der Waals surface area contributed by atoms with Crippen molar-refractivity contribution in [1.82, 2.24) is 5.32 Å². The number of nitrogens with two attached hydrogens (primary N) is 1. The highest BCUT2D eigenvalue weighted by atomic mass is 16.3. The first kappa shape index (κ1) is 7.94. The predicted octanol–water partition coefficient (Wildman–Crippen LogP) is -1.97. The van der Waals surface area contributed by atoms with Crippen molar-refractivity contribution < 1.29 is 10.2 Å². The van der Waals surface area contributed by atoms with E-state index in [0.717, 1.165) is 13.0 Å². The standard InChI is InChI=1S/C6H14N2O2/c7-4-1-5(8-2-4)6(10)3-9/h4-6,8-10H,1-3,7H2/t4-,5+,6?/m1/s1. The Labute approximate surface area is 60.0 Å². The van der Waals surface area contributed by atoms with Crippen LogP contribution in [-0.2, 0) is 0 Å². The molecule has 0 aromatic heterocycles. The molecule has 0 amide bonds. The monoisotopic (exact) mass is 146 g/mol. The van der Waals surface area contributed by atoms with E-state index >= 15 is 0 Å². The molecule has 1 unspecified atom stereocenters. The maximum absolute atomic E-state index is 9.11. The van der Waals surface area contributed by atoms with Gasteiger partial charge in [0, 0.05) is 18.6 Å². The molecular weight excluding hydrogens is 132 g/mol. The molecule has 5 N–H and O–H groups in total. The molecule has 60 valence electrons. The topological polar surface area (TPSA) is 78.5 Å². The van der Waals surface area contributed by atoms with E-state index in [4.69, 9.17) is 15.9 Å². The lowest BCUT2D eigenvalue weighted by molar-refractivity contribution is 0.0682. The predicted molar refractivity (Wildman–Crippen MR) is 37.5 cm³/mol. The third-order valence-corrected chi connectivity index (χ3v) is 1.85. The Kier molecular flexibility index (Phi) is 2.62. The minimum atomic E-state index is -0.659. The summed E-state index contributed by atoms with van der Waals surface area (Å²) < 4.78 is 0. The van der Waals surface area contributed by atoms with Gasteiger partial charge in [0.1, 0.15) is 0 Å². The van der Waals surface area contributed by atoms with Gasteiger partial charge in [-0.05, 0) is 6.42 Å². The lowest BCUT2D eigenvalue weighted by atomic mass is 10.1. The molecule has 0 aromatic rings. The first-order valence-corrected chi connectivity index (χ1v) is 3.52. The fraction of sp³-hybridized carbons (Fsp3) is 1.00. The Hall–Kier alpha value is -0.160. The lowest BCUT2D eigenvalue weighted by Crippen LogP contribution is -2.36. The average molecular weight is 146 g/mol. The lowest BCUT2D eigenvalue weighted by Gasteiger charge is -2.14. The zero-order valence-corrected chi connectivity index (χ0v) is 5.83. The quantitative estimate of drug-likeness (QED) is 0.364. The third kappa shape index (κ3) is 1.67. The Morgan fingerprint density at radius 2 is 2.40 bits per heavy atom. The maximum atomic E-state index is 9.11. The van der Waals surface area contributed by atoms with Crippen LogP contribution < -0.4 is 11.1 Å². The van der Waals surface area contributed by atoms with Gasteiger partial charge in [0.25, 0.3) is 0 Å². The average Bonchev–Trinajstić information content (AvgIpc) is 2.34. The van der Waals surface area contributed by atoms with Crippen LogP contribution in [0.5, 0.6) is 0 Å². The van der Waals surface area contributed by atoms with Crippen LogP contribution in [-0.4, -0.2) is 41.6 Å². The van der Waals surface area contributed by atoms with Crippen molar-refractivity contribution in [2.75, 3.05) is 13.2 Å². The zero-order valence-electron chi connectivity index (χ0n) is 5.83. The number of aliphatic hydroxyl groups excluding tert-OH is 2. The summed E-state index contributed by atoms with van der Waals surface area (Å²) in [5, 5.41) is 20.7. The molecule has 1 rings (SSSR count). The highest BCUT2D eigenvalue weighted by molar-refractivity contribution is 4.87. The molecule has 0 spiro atoms. The molecule has 1 aliphatic heterocycles. The molecule has 1 saturated heterocycles. The molecule has 0 aliphatic carbocycles. The van der Waals surface area contributed by atoms with Crippen molar-refractivity contribution in [3.8, 4) is 0 Å². The van der Waals surface area contributed by atoms with Gasteiger partial charge in [0.05, 0.1) is 12.7 Å². The molecule has 0 bridgehead atoms. The van der Waals surface area contributed by atoms with E-state index in [2.05, 4.69) is 5.32 Å². The molecule has 0 saturated carbocycles. The fourth-order valence-corrected chi connectivity index (χ4v) is 1.22. The molecule has 1 heterocycles.